The lowest BCUT2D eigenvalue weighted by Crippen LogP contribution is -2.44. The standard InChI is InChI=1S/C21H27FN2O3S/c1-16(2)27-20-5-3-4-17(14-20)15-24-12-10-19(11-13-24)23-28(25,26)21-8-6-18(22)7-9-21/h3-9,14,16,19,23H,10-13,15H2,1-2H3. The van der Waals surface area contributed by atoms with Crippen LogP contribution in [0.5, 0.6) is 5.75 Å². The molecule has 3 rings (SSSR count). The van der Waals surface area contributed by atoms with E-state index in [0.29, 0.717) is 0 Å². The summed E-state index contributed by atoms with van der Waals surface area (Å²) in [5, 5.41) is 0. The van der Waals surface area contributed by atoms with Gasteiger partial charge in [0.1, 0.15) is 11.6 Å². The Morgan fingerprint density at radius 2 is 1.82 bits per heavy atom. The molecule has 1 saturated heterocycles. The molecule has 1 fully saturated rings. The van der Waals surface area contributed by atoms with Gasteiger partial charge >= 0.3 is 0 Å². The van der Waals surface area contributed by atoms with Crippen molar-refractivity contribution in [1.82, 2.24) is 9.62 Å². The van der Waals surface area contributed by atoms with Crippen molar-refractivity contribution in [2.45, 2.75) is 50.3 Å². The van der Waals surface area contributed by atoms with E-state index in [1.54, 1.807) is 0 Å². The number of hydrogen-bond donors (Lipinski definition) is 1. The summed E-state index contributed by atoms with van der Waals surface area (Å²) in [5.41, 5.74) is 1.18. The molecule has 5 nitrogen and oxygen atoms in total. The minimum absolute atomic E-state index is 0.0956. The average molecular weight is 407 g/mol. The minimum atomic E-state index is -3.62. The van der Waals surface area contributed by atoms with Crippen LogP contribution in [0.15, 0.2) is 53.4 Å². The van der Waals surface area contributed by atoms with Crippen LogP contribution in [0.3, 0.4) is 0 Å². The van der Waals surface area contributed by atoms with Gasteiger partial charge in [0.05, 0.1) is 11.0 Å². The van der Waals surface area contributed by atoms with Crippen molar-refractivity contribution in [2.24, 2.45) is 0 Å². The van der Waals surface area contributed by atoms with Gasteiger partial charge in [0.15, 0.2) is 0 Å². The lowest BCUT2D eigenvalue weighted by atomic mass is 10.1. The first-order valence-electron chi connectivity index (χ1n) is 9.58. The predicted octanol–water partition coefficient (Wildman–Crippen LogP) is 3.56. The fourth-order valence-corrected chi connectivity index (χ4v) is 4.66. The number of rotatable bonds is 7. The van der Waals surface area contributed by atoms with Crippen LogP contribution < -0.4 is 9.46 Å². The quantitative estimate of drug-likeness (QED) is 0.764. The first kappa shape index (κ1) is 20.8. The summed E-state index contributed by atoms with van der Waals surface area (Å²) in [6.45, 7) is 6.44. The van der Waals surface area contributed by atoms with Crippen molar-refractivity contribution in [2.75, 3.05) is 13.1 Å². The summed E-state index contributed by atoms with van der Waals surface area (Å²) in [6.07, 6.45) is 1.62. The van der Waals surface area contributed by atoms with Crippen molar-refractivity contribution in [3.63, 3.8) is 0 Å². The molecule has 0 bridgehead atoms. The van der Waals surface area contributed by atoms with Crippen LogP contribution in [0.25, 0.3) is 0 Å². The van der Waals surface area contributed by atoms with Crippen LogP contribution in [0.1, 0.15) is 32.3 Å². The first-order valence-corrected chi connectivity index (χ1v) is 11.1. The van der Waals surface area contributed by atoms with E-state index in [-0.39, 0.29) is 17.0 Å². The van der Waals surface area contributed by atoms with Crippen LogP contribution in [-0.4, -0.2) is 38.6 Å². The van der Waals surface area contributed by atoms with Gasteiger partial charge in [-0.2, -0.15) is 0 Å². The molecule has 0 spiro atoms. The molecule has 0 radical (unpaired) electrons. The second kappa shape index (κ2) is 9.03. The number of benzene rings is 2. The van der Waals surface area contributed by atoms with E-state index in [2.05, 4.69) is 21.8 Å². The minimum Gasteiger partial charge on any atom is -0.491 e. The summed E-state index contributed by atoms with van der Waals surface area (Å²) in [5.74, 6) is 0.421. The summed E-state index contributed by atoms with van der Waals surface area (Å²) in [7, 11) is -3.62. The third-order valence-electron chi connectivity index (χ3n) is 4.71. The topological polar surface area (TPSA) is 58.6 Å². The zero-order chi connectivity index (χ0) is 20.1. The van der Waals surface area contributed by atoms with E-state index in [4.69, 9.17) is 4.74 Å². The molecule has 0 aromatic heterocycles. The Hall–Kier alpha value is -1.96. The highest BCUT2D eigenvalue weighted by Crippen LogP contribution is 2.20. The van der Waals surface area contributed by atoms with Crippen molar-refractivity contribution >= 4 is 10.0 Å². The van der Waals surface area contributed by atoms with Gasteiger partial charge in [-0.05, 0) is 68.7 Å². The highest BCUT2D eigenvalue weighted by Gasteiger charge is 2.24. The van der Waals surface area contributed by atoms with Gasteiger partial charge in [-0.25, -0.2) is 17.5 Å². The number of likely N-dealkylation sites (tertiary alicyclic amines) is 1. The monoisotopic (exact) mass is 406 g/mol. The van der Waals surface area contributed by atoms with Gasteiger partial charge in [0, 0.05) is 25.7 Å². The Bertz CT molecular complexity index is 877. The smallest absolute Gasteiger partial charge is 0.240 e. The van der Waals surface area contributed by atoms with Gasteiger partial charge in [0.25, 0.3) is 0 Å². The van der Waals surface area contributed by atoms with Crippen molar-refractivity contribution in [1.29, 1.82) is 0 Å². The predicted molar refractivity (Wildman–Crippen MR) is 107 cm³/mol. The number of piperidine rings is 1. The molecule has 152 valence electrons. The number of nitrogens with one attached hydrogen (secondary N) is 1. The summed E-state index contributed by atoms with van der Waals surface area (Å²) in [4.78, 5) is 2.41. The van der Waals surface area contributed by atoms with E-state index in [1.165, 1.54) is 17.7 Å². The van der Waals surface area contributed by atoms with Gasteiger partial charge < -0.3 is 4.74 Å². The number of hydrogen-bond acceptors (Lipinski definition) is 4. The molecular formula is C21H27FN2O3S. The largest absolute Gasteiger partial charge is 0.491 e. The maximum atomic E-state index is 13.0. The van der Waals surface area contributed by atoms with Crippen molar-refractivity contribution in [3.05, 3.63) is 59.9 Å². The Morgan fingerprint density at radius 3 is 2.46 bits per heavy atom. The molecule has 7 heteroatoms. The SMILES string of the molecule is CC(C)Oc1cccc(CN2CCC(NS(=O)(=O)c3ccc(F)cc3)CC2)c1. The number of sulfonamides is 1. The van der Waals surface area contributed by atoms with E-state index in [0.717, 1.165) is 50.4 Å². The molecular weight excluding hydrogens is 379 g/mol. The molecule has 1 aliphatic rings. The third kappa shape index (κ3) is 5.77. The number of ether oxygens (including phenoxy) is 1. The van der Waals surface area contributed by atoms with Crippen LogP contribution in [0, 0.1) is 5.82 Å². The maximum Gasteiger partial charge on any atom is 0.240 e. The van der Waals surface area contributed by atoms with Gasteiger partial charge in [0.2, 0.25) is 10.0 Å². The third-order valence-corrected chi connectivity index (χ3v) is 6.25. The second-order valence-corrected chi connectivity index (χ2v) is 9.15. The number of halogens is 1. The van der Waals surface area contributed by atoms with Crippen LogP contribution >= 0.6 is 0 Å². The fourth-order valence-electron chi connectivity index (χ4n) is 3.36. The van der Waals surface area contributed by atoms with Gasteiger partial charge in [-0.1, -0.05) is 12.1 Å². The summed E-state index contributed by atoms with van der Waals surface area (Å²) >= 11 is 0. The summed E-state index contributed by atoms with van der Waals surface area (Å²) < 4.78 is 46.4. The van der Waals surface area contributed by atoms with Gasteiger partial charge in [-0.3, -0.25) is 4.90 Å². The highest BCUT2D eigenvalue weighted by molar-refractivity contribution is 7.89. The molecule has 28 heavy (non-hydrogen) atoms. The first-order chi connectivity index (χ1) is 13.3. The lowest BCUT2D eigenvalue weighted by molar-refractivity contribution is 0.199. The van der Waals surface area contributed by atoms with Gasteiger partial charge in [-0.15, -0.1) is 0 Å². The molecule has 2 aromatic rings. The van der Waals surface area contributed by atoms with E-state index in [9.17, 15) is 12.8 Å². The molecule has 0 amide bonds. The van der Waals surface area contributed by atoms with E-state index < -0.39 is 15.8 Å². The Morgan fingerprint density at radius 1 is 1.14 bits per heavy atom. The lowest BCUT2D eigenvalue weighted by Gasteiger charge is -2.32. The second-order valence-electron chi connectivity index (χ2n) is 7.44. The maximum absolute atomic E-state index is 13.0. The Balaban J connectivity index is 1.52. The zero-order valence-electron chi connectivity index (χ0n) is 16.3. The molecule has 1 N–H and O–H groups in total. The van der Waals surface area contributed by atoms with Crippen LogP contribution in [0.2, 0.25) is 0 Å². The Labute approximate surface area is 166 Å². The number of nitrogens with zero attached hydrogens (tertiary/aromatic N) is 1. The summed E-state index contributed by atoms with van der Waals surface area (Å²) in [6, 6.07) is 12.9. The fraction of sp³-hybridized carbons (Fsp3) is 0.429. The Kier molecular flexibility index (Phi) is 6.69. The van der Waals surface area contributed by atoms with Crippen LogP contribution in [-0.2, 0) is 16.6 Å². The van der Waals surface area contributed by atoms with Crippen molar-refractivity contribution < 1.29 is 17.5 Å². The highest BCUT2D eigenvalue weighted by atomic mass is 32.2. The molecule has 0 saturated carbocycles. The van der Waals surface area contributed by atoms with Crippen molar-refractivity contribution in [3.8, 4) is 5.75 Å². The molecule has 0 unspecified atom stereocenters. The molecule has 0 aliphatic carbocycles. The van der Waals surface area contributed by atoms with E-state index in [1.807, 2.05) is 26.0 Å². The average Bonchev–Trinajstić information content (AvgIpc) is 2.63. The zero-order valence-corrected chi connectivity index (χ0v) is 17.1. The normalized spacial score (nSPS) is 16.4. The molecule has 1 aliphatic heterocycles. The molecule has 1 heterocycles. The molecule has 0 atom stereocenters. The van der Waals surface area contributed by atoms with E-state index >= 15 is 0 Å². The molecule has 2 aromatic carbocycles. The van der Waals surface area contributed by atoms with Crippen LogP contribution in [0.4, 0.5) is 4.39 Å².